The summed E-state index contributed by atoms with van der Waals surface area (Å²) in [6.07, 6.45) is 3.52. The molecule has 112 valence electrons. The van der Waals surface area contributed by atoms with Crippen molar-refractivity contribution in [3.05, 3.63) is 48.3 Å². The van der Waals surface area contributed by atoms with Crippen LogP contribution in [0.3, 0.4) is 0 Å². The van der Waals surface area contributed by atoms with Gasteiger partial charge in [0.05, 0.1) is 15.9 Å². The average molecular weight is 302 g/mol. The third-order valence-corrected chi connectivity index (χ3v) is 3.58. The van der Waals surface area contributed by atoms with Crippen molar-refractivity contribution in [3.8, 4) is 11.5 Å². The summed E-state index contributed by atoms with van der Waals surface area (Å²) in [6, 6.07) is 9.86. The van der Waals surface area contributed by atoms with Gasteiger partial charge in [-0.2, -0.15) is 0 Å². The molecule has 0 saturated carbocycles. The fraction of sp³-hybridized carbons (Fsp3) is 0.235. The molecule has 4 heteroatoms. The highest BCUT2D eigenvalue weighted by Gasteiger charge is 2.07. The fourth-order valence-corrected chi connectivity index (χ4v) is 2.58. The molecule has 0 aliphatic heterocycles. The van der Waals surface area contributed by atoms with Crippen molar-refractivity contribution < 1.29 is 4.74 Å². The summed E-state index contributed by atoms with van der Waals surface area (Å²) in [5.41, 5.74) is 7.01. The van der Waals surface area contributed by atoms with Gasteiger partial charge in [0.2, 0.25) is 0 Å². The van der Waals surface area contributed by atoms with Crippen LogP contribution in [0.15, 0.2) is 42.7 Å². The Morgan fingerprint density at radius 3 is 2.43 bits per heavy atom. The van der Waals surface area contributed by atoms with Crippen molar-refractivity contribution >= 4 is 26.4 Å². The highest BCUT2D eigenvalue weighted by atomic mass is 32.1. The van der Waals surface area contributed by atoms with Crippen LogP contribution in [0.5, 0.6) is 11.5 Å². The van der Waals surface area contributed by atoms with Gasteiger partial charge in [-0.05, 0) is 25.1 Å². The number of nitrogens with two attached hydrogens (primary N) is 1. The second-order valence-corrected chi connectivity index (χ2v) is 5.23. The van der Waals surface area contributed by atoms with Crippen LogP contribution in [0.1, 0.15) is 26.8 Å². The topological polar surface area (TPSA) is 48.1 Å². The van der Waals surface area contributed by atoms with E-state index in [4.69, 9.17) is 10.5 Å². The van der Waals surface area contributed by atoms with Crippen LogP contribution in [0.4, 0.5) is 5.00 Å². The molecule has 0 radical (unpaired) electrons. The van der Waals surface area contributed by atoms with E-state index in [2.05, 4.69) is 4.98 Å². The van der Waals surface area contributed by atoms with E-state index < -0.39 is 0 Å². The van der Waals surface area contributed by atoms with Gasteiger partial charge in [0.1, 0.15) is 5.75 Å². The van der Waals surface area contributed by atoms with E-state index in [-0.39, 0.29) is 7.43 Å². The molecule has 21 heavy (non-hydrogen) atoms. The minimum atomic E-state index is 0. The number of aromatic nitrogens is 1. The summed E-state index contributed by atoms with van der Waals surface area (Å²) in [7, 11) is 0. The van der Waals surface area contributed by atoms with E-state index in [9.17, 15) is 0 Å². The zero-order valence-corrected chi connectivity index (χ0v) is 12.7. The largest absolute Gasteiger partial charge is 0.455 e. The van der Waals surface area contributed by atoms with Crippen molar-refractivity contribution in [1.29, 1.82) is 0 Å². The van der Waals surface area contributed by atoms with Gasteiger partial charge in [0, 0.05) is 11.6 Å². The van der Waals surface area contributed by atoms with Gasteiger partial charge in [0.15, 0.2) is 5.75 Å². The maximum absolute atomic E-state index is 5.85. The zero-order chi connectivity index (χ0) is 14.5. The minimum absolute atomic E-state index is 0. The molecule has 0 unspecified atom stereocenters. The number of nitrogen functional groups attached to an aromatic ring is 1. The number of aryl methyl sites for hydroxylation is 1. The van der Waals surface area contributed by atoms with Crippen molar-refractivity contribution in [3.63, 3.8) is 0 Å². The van der Waals surface area contributed by atoms with Crippen LogP contribution < -0.4 is 10.5 Å². The summed E-state index contributed by atoms with van der Waals surface area (Å²) >= 11 is 1.51. The summed E-state index contributed by atoms with van der Waals surface area (Å²) < 4.78 is 6.89. The molecule has 2 N–H and O–H groups in total. The quantitative estimate of drug-likeness (QED) is 0.666. The van der Waals surface area contributed by atoms with Gasteiger partial charge < -0.3 is 10.5 Å². The van der Waals surface area contributed by atoms with E-state index in [0.29, 0.717) is 0 Å². The normalized spacial score (nSPS) is 9.48. The summed E-state index contributed by atoms with van der Waals surface area (Å²) in [6.45, 7) is 6.05. The number of pyridine rings is 1. The molecule has 2 heterocycles. The predicted octanol–water partition coefficient (Wildman–Crippen LogP) is 5.64. The van der Waals surface area contributed by atoms with E-state index in [1.807, 2.05) is 51.1 Å². The number of thiophene rings is 1. The first kappa shape index (κ1) is 17.0. The lowest BCUT2D eigenvalue weighted by Gasteiger charge is -2.06. The van der Waals surface area contributed by atoms with Crippen molar-refractivity contribution in [1.82, 2.24) is 4.98 Å². The lowest BCUT2D eigenvalue weighted by atomic mass is 10.2. The van der Waals surface area contributed by atoms with Gasteiger partial charge in [0.25, 0.3) is 0 Å². The van der Waals surface area contributed by atoms with E-state index in [1.165, 1.54) is 16.9 Å². The van der Waals surface area contributed by atoms with Crippen LogP contribution in [0.2, 0.25) is 0 Å². The van der Waals surface area contributed by atoms with E-state index in [1.54, 1.807) is 12.4 Å². The first-order valence-electron chi connectivity index (χ1n) is 6.60. The zero-order valence-electron chi connectivity index (χ0n) is 11.9. The SMILES string of the molecule is C.CC.Cc1ccc(Oc2cncc3sc(N)cc23)cc1. The molecular formula is C17H22N2OS. The highest BCUT2D eigenvalue weighted by molar-refractivity contribution is 7.22. The third-order valence-electron chi connectivity index (χ3n) is 2.68. The Morgan fingerprint density at radius 2 is 1.76 bits per heavy atom. The van der Waals surface area contributed by atoms with Crippen LogP contribution in [0.25, 0.3) is 10.1 Å². The number of hydrogen-bond donors (Lipinski definition) is 1. The average Bonchev–Trinajstić information content (AvgIpc) is 2.85. The van der Waals surface area contributed by atoms with Crippen LogP contribution in [-0.4, -0.2) is 4.98 Å². The van der Waals surface area contributed by atoms with Crippen molar-refractivity contribution in [2.45, 2.75) is 28.2 Å². The number of fused-ring (bicyclic) bond motifs is 1. The van der Waals surface area contributed by atoms with Gasteiger partial charge in [-0.15, -0.1) is 11.3 Å². The van der Waals surface area contributed by atoms with Crippen molar-refractivity contribution in [2.24, 2.45) is 0 Å². The molecule has 3 aromatic rings. The Kier molecular flexibility index (Phi) is 6.18. The monoisotopic (exact) mass is 302 g/mol. The maximum Gasteiger partial charge on any atom is 0.154 e. The van der Waals surface area contributed by atoms with Gasteiger partial charge in [-0.25, -0.2) is 0 Å². The maximum atomic E-state index is 5.85. The number of benzene rings is 1. The third kappa shape index (κ3) is 3.95. The molecule has 0 spiro atoms. The molecule has 0 saturated heterocycles. The molecule has 0 atom stereocenters. The van der Waals surface area contributed by atoms with E-state index >= 15 is 0 Å². The van der Waals surface area contributed by atoms with Crippen LogP contribution in [-0.2, 0) is 0 Å². The molecule has 2 aromatic heterocycles. The van der Waals surface area contributed by atoms with Crippen molar-refractivity contribution in [2.75, 3.05) is 5.73 Å². The fourth-order valence-electron chi connectivity index (χ4n) is 1.77. The molecule has 0 fully saturated rings. The summed E-state index contributed by atoms with van der Waals surface area (Å²) in [5.74, 6) is 1.55. The first-order valence-corrected chi connectivity index (χ1v) is 7.41. The Morgan fingerprint density at radius 1 is 1.10 bits per heavy atom. The Hall–Kier alpha value is -2.07. The predicted molar refractivity (Wildman–Crippen MR) is 93.4 cm³/mol. The summed E-state index contributed by atoms with van der Waals surface area (Å²) in [4.78, 5) is 4.17. The van der Waals surface area contributed by atoms with Gasteiger partial charge >= 0.3 is 0 Å². The molecule has 0 amide bonds. The standard InChI is InChI=1S/C14H12N2OS.C2H6.CH4/c1-9-2-4-10(5-3-9)17-12-7-16-8-13-11(12)6-14(15)18-13;1-2;/h2-8H,15H2,1H3;1-2H3;1H4. The molecule has 3 nitrogen and oxygen atoms in total. The van der Waals surface area contributed by atoms with Gasteiger partial charge in [-0.3, -0.25) is 4.98 Å². The Labute approximate surface area is 130 Å². The Balaban J connectivity index is 0.000000706. The molecular weight excluding hydrogens is 280 g/mol. The number of rotatable bonds is 2. The minimum Gasteiger partial charge on any atom is -0.455 e. The molecule has 3 rings (SSSR count). The number of nitrogens with zero attached hydrogens (tertiary/aromatic N) is 1. The van der Waals surface area contributed by atoms with E-state index in [0.717, 1.165) is 26.6 Å². The lowest BCUT2D eigenvalue weighted by Crippen LogP contribution is -1.86. The molecule has 0 bridgehead atoms. The smallest absolute Gasteiger partial charge is 0.154 e. The second-order valence-electron chi connectivity index (χ2n) is 4.11. The lowest BCUT2D eigenvalue weighted by molar-refractivity contribution is 0.486. The highest BCUT2D eigenvalue weighted by Crippen LogP contribution is 2.35. The number of hydrogen-bond acceptors (Lipinski definition) is 4. The number of ether oxygens (including phenoxy) is 1. The number of anilines is 1. The molecule has 0 aliphatic carbocycles. The summed E-state index contributed by atoms with van der Waals surface area (Å²) in [5, 5.41) is 1.78. The first-order chi connectivity index (χ1) is 9.72. The molecule has 0 aliphatic rings. The molecule has 1 aromatic carbocycles. The van der Waals surface area contributed by atoms with Crippen LogP contribution in [0, 0.1) is 6.92 Å². The van der Waals surface area contributed by atoms with Crippen LogP contribution >= 0.6 is 11.3 Å². The second kappa shape index (κ2) is 7.64. The Bertz CT molecular complexity index is 690. The van der Waals surface area contributed by atoms with Gasteiger partial charge in [-0.1, -0.05) is 39.0 Å².